The molecule has 0 fully saturated rings. The van der Waals surface area contributed by atoms with E-state index in [9.17, 15) is 0 Å². The van der Waals surface area contributed by atoms with Crippen LogP contribution < -0.4 is 4.90 Å². The van der Waals surface area contributed by atoms with Gasteiger partial charge in [0.1, 0.15) is 0 Å². The Morgan fingerprint density at radius 1 is 1.60 bits per heavy atom. The second-order valence-electron chi connectivity index (χ2n) is 3.57. The summed E-state index contributed by atoms with van der Waals surface area (Å²) in [7, 11) is 0. The molecule has 0 aliphatic carbocycles. The summed E-state index contributed by atoms with van der Waals surface area (Å²) in [5.41, 5.74) is 0.947. The lowest BCUT2D eigenvalue weighted by Gasteiger charge is -2.21. The van der Waals surface area contributed by atoms with E-state index >= 15 is 0 Å². The molecule has 4 heteroatoms. The smallest absolute Gasteiger partial charge is 0.225 e. The minimum absolute atomic E-state index is 0.00550. The summed E-state index contributed by atoms with van der Waals surface area (Å²) in [5, 5.41) is 8.76. The van der Waals surface area contributed by atoms with Gasteiger partial charge in [-0.05, 0) is 26.8 Å². The monoisotopic (exact) mass is 204 g/mol. The van der Waals surface area contributed by atoms with Crippen molar-refractivity contribution < 1.29 is 0 Å². The van der Waals surface area contributed by atoms with Gasteiger partial charge in [-0.15, -0.1) is 0 Å². The van der Waals surface area contributed by atoms with E-state index in [1.54, 1.807) is 6.20 Å². The first-order chi connectivity index (χ1) is 7.17. The van der Waals surface area contributed by atoms with Gasteiger partial charge < -0.3 is 4.90 Å². The van der Waals surface area contributed by atoms with Crippen LogP contribution in [0, 0.1) is 24.2 Å². The van der Waals surface area contributed by atoms with Crippen LogP contribution in [-0.2, 0) is 0 Å². The summed E-state index contributed by atoms with van der Waals surface area (Å²) < 4.78 is 0. The van der Waals surface area contributed by atoms with Crippen LogP contribution in [0.1, 0.15) is 19.5 Å². The molecule has 1 atom stereocenters. The Hall–Kier alpha value is -1.63. The Balaban J connectivity index is 2.79. The third-order valence-electron chi connectivity index (χ3n) is 2.16. The van der Waals surface area contributed by atoms with Crippen molar-refractivity contribution >= 4 is 5.95 Å². The van der Waals surface area contributed by atoms with Gasteiger partial charge in [0.25, 0.3) is 0 Å². The van der Waals surface area contributed by atoms with Crippen LogP contribution >= 0.6 is 0 Å². The van der Waals surface area contributed by atoms with Gasteiger partial charge in [-0.25, -0.2) is 9.97 Å². The van der Waals surface area contributed by atoms with Crippen LogP contribution in [0.25, 0.3) is 0 Å². The lowest BCUT2D eigenvalue weighted by molar-refractivity contribution is 0.670. The van der Waals surface area contributed by atoms with Gasteiger partial charge in [-0.3, -0.25) is 0 Å². The molecule has 0 N–H and O–H groups in total. The molecular formula is C11H16N4. The summed E-state index contributed by atoms with van der Waals surface area (Å²) in [6, 6.07) is 4.08. The fourth-order valence-corrected chi connectivity index (χ4v) is 1.31. The van der Waals surface area contributed by atoms with E-state index in [0.717, 1.165) is 12.2 Å². The average Bonchev–Trinajstić information content (AvgIpc) is 2.25. The number of aromatic nitrogens is 2. The lowest BCUT2D eigenvalue weighted by Crippen LogP contribution is -2.29. The van der Waals surface area contributed by atoms with Crippen LogP contribution in [0.2, 0.25) is 0 Å². The van der Waals surface area contributed by atoms with Crippen molar-refractivity contribution in [3.63, 3.8) is 0 Å². The van der Waals surface area contributed by atoms with Gasteiger partial charge in [0, 0.05) is 25.0 Å². The topological polar surface area (TPSA) is 52.8 Å². The lowest BCUT2D eigenvalue weighted by atomic mass is 10.2. The largest absolute Gasteiger partial charge is 0.340 e. The summed E-state index contributed by atoms with van der Waals surface area (Å²) >= 11 is 0. The molecule has 0 aliphatic heterocycles. The van der Waals surface area contributed by atoms with Gasteiger partial charge in [0.2, 0.25) is 5.95 Å². The first-order valence-electron chi connectivity index (χ1n) is 5.11. The molecule has 0 amide bonds. The van der Waals surface area contributed by atoms with Gasteiger partial charge in [0.15, 0.2) is 0 Å². The zero-order chi connectivity index (χ0) is 11.3. The fraction of sp³-hybridized carbons (Fsp3) is 0.545. The van der Waals surface area contributed by atoms with Crippen LogP contribution in [0.4, 0.5) is 5.95 Å². The highest BCUT2D eigenvalue weighted by Crippen LogP contribution is 2.09. The standard InChI is InChI=1S/C11H16N4/c1-4-15(8-9(2)7-12)11-13-6-5-10(3)14-11/h5-6,9H,4,8H2,1-3H3. The van der Waals surface area contributed by atoms with Crippen molar-refractivity contribution in [2.45, 2.75) is 20.8 Å². The van der Waals surface area contributed by atoms with Crippen molar-refractivity contribution in [2.24, 2.45) is 5.92 Å². The van der Waals surface area contributed by atoms with Crippen molar-refractivity contribution in [1.29, 1.82) is 5.26 Å². The summed E-state index contributed by atoms with van der Waals surface area (Å²) in [6.07, 6.45) is 1.75. The molecule has 0 radical (unpaired) electrons. The third kappa shape index (κ3) is 3.21. The Morgan fingerprint density at radius 2 is 2.33 bits per heavy atom. The van der Waals surface area contributed by atoms with Crippen molar-refractivity contribution in [3.8, 4) is 6.07 Å². The van der Waals surface area contributed by atoms with Crippen LogP contribution in [-0.4, -0.2) is 23.1 Å². The first-order valence-corrected chi connectivity index (χ1v) is 5.11. The van der Waals surface area contributed by atoms with E-state index in [-0.39, 0.29) is 5.92 Å². The van der Waals surface area contributed by atoms with E-state index in [0.29, 0.717) is 12.5 Å². The third-order valence-corrected chi connectivity index (χ3v) is 2.16. The molecule has 0 aromatic carbocycles. The molecule has 0 aliphatic rings. The quantitative estimate of drug-likeness (QED) is 0.750. The molecule has 15 heavy (non-hydrogen) atoms. The van der Waals surface area contributed by atoms with Crippen LogP contribution in [0.3, 0.4) is 0 Å². The maximum atomic E-state index is 8.76. The summed E-state index contributed by atoms with van der Waals surface area (Å²) in [5.74, 6) is 0.702. The van der Waals surface area contributed by atoms with Crippen LogP contribution in [0.15, 0.2) is 12.3 Å². The molecule has 0 saturated carbocycles. The summed E-state index contributed by atoms with van der Waals surface area (Å²) in [4.78, 5) is 10.6. The second kappa shape index (κ2) is 5.30. The SMILES string of the molecule is CCN(CC(C)C#N)c1nccc(C)n1. The van der Waals surface area contributed by atoms with Gasteiger partial charge >= 0.3 is 0 Å². The molecule has 0 saturated heterocycles. The van der Waals surface area contributed by atoms with Crippen LogP contribution in [0.5, 0.6) is 0 Å². The second-order valence-corrected chi connectivity index (χ2v) is 3.57. The molecule has 0 spiro atoms. The molecular weight excluding hydrogens is 188 g/mol. The maximum absolute atomic E-state index is 8.76. The van der Waals surface area contributed by atoms with E-state index in [4.69, 9.17) is 5.26 Å². The molecule has 1 heterocycles. The molecule has 4 nitrogen and oxygen atoms in total. The maximum Gasteiger partial charge on any atom is 0.225 e. The number of nitrogens with zero attached hydrogens (tertiary/aromatic N) is 4. The Bertz CT molecular complexity index is 356. The molecule has 1 aromatic heterocycles. The van der Waals surface area contributed by atoms with E-state index < -0.39 is 0 Å². The molecule has 1 unspecified atom stereocenters. The molecule has 0 bridgehead atoms. The van der Waals surface area contributed by atoms with Crippen molar-refractivity contribution in [3.05, 3.63) is 18.0 Å². The van der Waals surface area contributed by atoms with E-state index in [2.05, 4.69) is 16.0 Å². The number of aryl methyl sites for hydroxylation is 1. The number of hydrogen-bond acceptors (Lipinski definition) is 4. The highest BCUT2D eigenvalue weighted by atomic mass is 15.2. The van der Waals surface area contributed by atoms with Gasteiger partial charge in [-0.1, -0.05) is 0 Å². The first kappa shape index (κ1) is 11.4. The van der Waals surface area contributed by atoms with Crippen molar-refractivity contribution in [1.82, 2.24) is 9.97 Å². The Labute approximate surface area is 90.6 Å². The van der Waals surface area contributed by atoms with E-state index in [1.165, 1.54) is 0 Å². The highest BCUT2D eigenvalue weighted by Gasteiger charge is 2.10. The fourth-order valence-electron chi connectivity index (χ4n) is 1.31. The minimum Gasteiger partial charge on any atom is -0.340 e. The normalized spacial score (nSPS) is 11.9. The molecule has 1 rings (SSSR count). The Morgan fingerprint density at radius 3 is 2.87 bits per heavy atom. The van der Waals surface area contributed by atoms with Gasteiger partial charge in [-0.2, -0.15) is 5.26 Å². The predicted octanol–water partition coefficient (Wildman–Crippen LogP) is 1.77. The number of hydrogen-bond donors (Lipinski definition) is 0. The predicted molar refractivity (Wildman–Crippen MR) is 59.4 cm³/mol. The summed E-state index contributed by atoms with van der Waals surface area (Å²) in [6.45, 7) is 7.37. The number of anilines is 1. The van der Waals surface area contributed by atoms with Gasteiger partial charge in [0.05, 0.1) is 12.0 Å². The van der Waals surface area contributed by atoms with Crippen molar-refractivity contribution in [2.75, 3.05) is 18.0 Å². The zero-order valence-electron chi connectivity index (χ0n) is 9.44. The zero-order valence-corrected chi connectivity index (χ0v) is 9.44. The number of nitriles is 1. The molecule has 1 aromatic rings. The minimum atomic E-state index is -0.00550. The van der Waals surface area contributed by atoms with E-state index in [1.807, 2.05) is 31.7 Å². The number of rotatable bonds is 4. The molecule has 80 valence electrons. The average molecular weight is 204 g/mol. The highest BCUT2D eigenvalue weighted by molar-refractivity contribution is 5.30. The Kier molecular flexibility index (Phi) is 4.04.